The lowest BCUT2D eigenvalue weighted by molar-refractivity contribution is 0.0572. The molecular formula is C8H19NO. The zero-order chi connectivity index (χ0) is 8.20. The first-order valence-corrected chi connectivity index (χ1v) is 3.86. The summed E-state index contributed by atoms with van der Waals surface area (Å²) in [6, 6.07) is 0. The van der Waals surface area contributed by atoms with Gasteiger partial charge in [-0.1, -0.05) is 0 Å². The van der Waals surface area contributed by atoms with Crippen LogP contribution in [-0.2, 0) is 4.74 Å². The molecule has 0 amide bonds. The molecule has 10 heavy (non-hydrogen) atoms. The zero-order valence-electron chi connectivity index (χ0n) is 7.48. The third-order valence-electron chi connectivity index (χ3n) is 1.26. The lowest BCUT2D eigenvalue weighted by Crippen LogP contribution is -2.36. The van der Waals surface area contributed by atoms with Crippen LogP contribution < -0.4 is 5.73 Å². The summed E-state index contributed by atoms with van der Waals surface area (Å²) in [5, 5.41) is 0. The van der Waals surface area contributed by atoms with Gasteiger partial charge in [0.15, 0.2) is 0 Å². The summed E-state index contributed by atoms with van der Waals surface area (Å²) in [5.41, 5.74) is 5.68. The molecule has 0 aromatic heterocycles. The molecule has 2 N–H and O–H groups in total. The van der Waals surface area contributed by atoms with Crippen molar-refractivity contribution < 1.29 is 4.74 Å². The van der Waals surface area contributed by atoms with Gasteiger partial charge in [0, 0.05) is 12.1 Å². The van der Waals surface area contributed by atoms with E-state index in [-0.39, 0.29) is 11.6 Å². The molecule has 0 saturated carbocycles. The Hall–Kier alpha value is -0.0800. The Labute approximate surface area is 63.7 Å². The van der Waals surface area contributed by atoms with E-state index in [4.69, 9.17) is 10.5 Å². The molecule has 0 heterocycles. The van der Waals surface area contributed by atoms with Crippen LogP contribution in [0.1, 0.15) is 34.1 Å². The van der Waals surface area contributed by atoms with E-state index in [1.807, 2.05) is 20.8 Å². The van der Waals surface area contributed by atoms with Gasteiger partial charge in [-0.05, 0) is 34.1 Å². The average molecular weight is 145 g/mol. The predicted molar refractivity (Wildman–Crippen MR) is 44.0 cm³/mol. The molecule has 0 aliphatic rings. The van der Waals surface area contributed by atoms with Crippen LogP contribution in [0.5, 0.6) is 0 Å². The highest BCUT2D eigenvalue weighted by atomic mass is 16.5. The zero-order valence-corrected chi connectivity index (χ0v) is 7.48. The molecule has 0 spiro atoms. The average Bonchev–Trinajstić information content (AvgIpc) is 1.59. The molecule has 1 unspecified atom stereocenters. The second-order valence-electron chi connectivity index (χ2n) is 3.46. The van der Waals surface area contributed by atoms with Crippen molar-refractivity contribution in [3.05, 3.63) is 0 Å². The summed E-state index contributed by atoms with van der Waals surface area (Å²) in [5.74, 6) is 0. The highest BCUT2D eigenvalue weighted by Crippen LogP contribution is 2.09. The monoisotopic (exact) mass is 145 g/mol. The molecule has 0 aromatic carbocycles. The summed E-state index contributed by atoms with van der Waals surface area (Å²) in [4.78, 5) is 0. The Morgan fingerprint density at radius 1 is 1.50 bits per heavy atom. The van der Waals surface area contributed by atoms with E-state index in [2.05, 4.69) is 6.92 Å². The Morgan fingerprint density at radius 2 is 2.00 bits per heavy atom. The van der Waals surface area contributed by atoms with E-state index in [1.165, 1.54) is 0 Å². The molecule has 0 rings (SSSR count). The van der Waals surface area contributed by atoms with Crippen molar-refractivity contribution in [2.75, 3.05) is 6.61 Å². The van der Waals surface area contributed by atoms with Gasteiger partial charge in [0.05, 0.1) is 6.10 Å². The quantitative estimate of drug-likeness (QED) is 0.651. The van der Waals surface area contributed by atoms with Gasteiger partial charge < -0.3 is 10.5 Å². The fourth-order valence-corrected chi connectivity index (χ4v) is 1.08. The number of ether oxygens (including phenoxy) is 1. The van der Waals surface area contributed by atoms with Crippen LogP contribution in [0.25, 0.3) is 0 Å². The van der Waals surface area contributed by atoms with Crippen LogP contribution in [0.15, 0.2) is 0 Å². The number of rotatable bonds is 4. The maximum absolute atomic E-state index is 5.79. The van der Waals surface area contributed by atoms with Gasteiger partial charge >= 0.3 is 0 Å². The number of hydrogen-bond acceptors (Lipinski definition) is 2. The molecule has 0 aliphatic carbocycles. The lowest BCUT2D eigenvalue weighted by Gasteiger charge is -2.22. The van der Waals surface area contributed by atoms with E-state index in [0.29, 0.717) is 0 Å². The van der Waals surface area contributed by atoms with Crippen LogP contribution in [0.3, 0.4) is 0 Å². The normalized spacial score (nSPS) is 15.3. The number of nitrogens with two attached hydrogens (primary N) is 1. The minimum atomic E-state index is -0.103. The minimum absolute atomic E-state index is 0.103. The molecule has 62 valence electrons. The molecule has 2 nitrogen and oxygen atoms in total. The van der Waals surface area contributed by atoms with E-state index < -0.39 is 0 Å². The minimum Gasteiger partial charge on any atom is -0.379 e. The second-order valence-corrected chi connectivity index (χ2v) is 3.46. The van der Waals surface area contributed by atoms with E-state index in [9.17, 15) is 0 Å². The van der Waals surface area contributed by atoms with Crippen molar-refractivity contribution in [2.24, 2.45) is 5.73 Å². The van der Waals surface area contributed by atoms with Crippen molar-refractivity contribution in [1.82, 2.24) is 0 Å². The van der Waals surface area contributed by atoms with Crippen LogP contribution in [0.4, 0.5) is 0 Å². The predicted octanol–water partition coefficient (Wildman–Crippen LogP) is 1.54. The van der Waals surface area contributed by atoms with E-state index in [0.717, 1.165) is 13.0 Å². The van der Waals surface area contributed by atoms with Crippen molar-refractivity contribution in [3.63, 3.8) is 0 Å². The third kappa shape index (κ3) is 6.05. The van der Waals surface area contributed by atoms with Gasteiger partial charge in [0.2, 0.25) is 0 Å². The smallest absolute Gasteiger partial charge is 0.0564 e. The van der Waals surface area contributed by atoms with Gasteiger partial charge in [0.25, 0.3) is 0 Å². The molecule has 0 fully saturated rings. The first kappa shape index (κ1) is 9.92. The fraction of sp³-hybridized carbons (Fsp3) is 1.00. The van der Waals surface area contributed by atoms with E-state index >= 15 is 0 Å². The highest BCUT2D eigenvalue weighted by molar-refractivity contribution is 4.74. The molecule has 1 atom stereocenters. The van der Waals surface area contributed by atoms with Gasteiger partial charge in [-0.25, -0.2) is 0 Å². The lowest BCUT2D eigenvalue weighted by atomic mass is 9.99. The SMILES string of the molecule is CCOC(C)CC(C)(C)N. The van der Waals surface area contributed by atoms with Crippen LogP contribution in [0.2, 0.25) is 0 Å². The van der Waals surface area contributed by atoms with Crippen molar-refractivity contribution in [3.8, 4) is 0 Å². The summed E-state index contributed by atoms with van der Waals surface area (Å²) in [6.45, 7) is 8.86. The molecule has 2 heteroatoms. The highest BCUT2D eigenvalue weighted by Gasteiger charge is 2.14. The Bertz CT molecular complexity index is 85.7. The molecule has 0 radical (unpaired) electrons. The van der Waals surface area contributed by atoms with Crippen molar-refractivity contribution in [2.45, 2.75) is 45.8 Å². The number of hydrogen-bond donors (Lipinski definition) is 1. The molecule has 0 bridgehead atoms. The summed E-state index contributed by atoms with van der Waals surface area (Å²) in [6.07, 6.45) is 1.20. The maximum Gasteiger partial charge on any atom is 0.0564 e. The second kappa shape index (κ2) is 3.94. The Morgan fingerprint density at radius 3 is 2.30 bits per heavy atom. The van der Waals surface area contributed by atoms with Gasteiger partial charge in [-0.3, -0.25) is 0 Å². The molecular weight excluding hydrogens is 126 g/mol. The van der Waals surface area contributed by atoms with Gasteiger partial charge in [-0.2, -0.15) is 0 Å². The summed E-state index contributed by atoms with van der Waals surface area (Å²) in [7, 11) is 0. The Balaban J connectivity index is 3.47. The third-order valence-corrected chi connectivity index (χ3v) is 1.26. The Kier molecular flexibility index (Phi) is 3.91. The summed E-state index contributed by atoms with van der Waals surface area (Å²) < 4.78 is 5.34. The van der Waals surface area contributed by atoms with Crippen LogP contribution >= 0.6 is 0 Å². The molecule has 0 aliphatic heterocycles. The van der Waals surface area contributed by atoms with Crippen LogP contribution in [-0.4, -0.2) is 18.2 Å². The van der Waals surface area contributed by atoms with Gasteiger partial charge in [-0.15, -0.1) is 0 Å². The first-order chi connectivity index (χ1) is 4.45. The molecule has 0 saturated heterocycles. The topological polar surface area (TPSA) is 35.2 Å². The van der Waals surface area contributed by atoms with Crippen LogP contribution in [0, 0.1) is 0 Å². The summed E-state index contributed by atoms with van der Waals surface area (Å²) >= 11 is 0. The first-order valence-electron chi connectivity index (χ1n) is 3.86. The van der Waals surface area contributed by atoms with Crippen molar-refractivity contribution in [1.29, 1.82) is 0 Å². The largest absolute Gasteiger partial charge is 0.379 e. The van der Waals surface area contributed by atoms with Gasteiger partial charge in [0.1, 0.15) is 0 Å². The molecule has 0 aromatic rings. The fourth-order valence-electron chi connectivity index (χ4n) is 1.08. The van der Waals surface area contributed by atoms with E-state index in [1.54, 1.807) is 0 Å². The van der Waals surface area contributed by atoms with Crippen molar-refractivity contribution >= 4 is 0 Å². The maximum atomic E-state index is 5.79. The standard InChI is InChI=1S/C8H19NO/c1-5-10-7(2)6-8(3,4)9/h7H,5-6,9H2,1-4H3.